The number of H-pyrrole nitrogens is 1. The quantitative estimate of drug-likeness (QED) is 0.650. The molecule has 0 amide bonds. The fourth-order valence-corrected chi connectivity index (χ4v) is 2.36. The van der Waals surface area contributed by atoms with Crippen molar-refractivity contribution in [3.05, 3.63) is 11.3 Å². The molecule has 3 N–H and O–H groups in total. The summed E-state index contributed by atoms with van der Waals surface area (Å²) in [5.74, 6) is 0.397. The summed E-state index contributed by atoms with van der Waals surface area (Å²) in [6.45, 7) is 0.823. The number of nitrogens with zero attached hydrogens (tertiary/aromatic N) is 2. The second-order valence-electron chi connectivity index (χ2n) is 3.41. The molecular weight excluding hydrogens is 204 g/mol. The van der Waals surface area contributed by atoms with Crippen LogP contribution in [0, 0.1) is 0 Å². The van der Waals surface area contributed by atoms with Crippen LogP contribution in [0.25, 0.3) is 0 Å². The van der Waals surface area contributed by atoms with Crippen molar-refractivity contribution in [2.24, 2.45) is 0 Å². The summed E-state index contributed by atoms with van der Waals surface area (Å²) in [4.78, 5) is 0. The highest BCUT2D eigenvalue weighted by molar-refractivity contribution is 7.88. The predicted octanol–water partition coefficient (Wildman–Crippen LogP) is -0.690. The first kappa shape index (κ1) is 9.47. The van der Waals surface area contributed by atoms with E-state index in [1.54, 1.807) is 0 Å². The molecule has 0 saturated heterocycles. The number of sulfonamides is 1. The van der Waals surface area contributed by atoms with E-state index in [1.165, 1.54) is 10.6 Å². The summed E-state index contributed by atoms with van der Waals surface area (Å²) in [6, 6.07) is 0. The van der Waals surface area contributed by atoms with Gasteiger partial charge in [-0.05, 0) is 0 Å². The number of hydrogen-bond acceptors (Lipinski definition) is 4. The molecule has 0 bridgehead atoms. The molecule has 0 atom stereocenters. The van der Waals surface area contributed by atoms with Crippen molar-refractivity contribution in [1.29, 1.82) is 0 Å². The maximum atomic E-state index is 11.3. The monoisotopic (exact) mass is 216 g/mol. The van der Waals surface area contributed by atoms with Crippen LogP contribution in [0.2, 0.25) is 0 Å². The van der Waals surface area contributed by atoms with E-state index in [0.717, 1.165) is 11.3 Å². The Hall–Kier alpha value is -1.08. The Bertz CT molecular complexity index is 450. The molecule has 1 aliphatic rings. The Morgan fingerprint density at radius 1 is 1.57 bits per heavy atom. The summed E-state index contributed by atoms with van der Waals surface area (Å²) in [7, 11) is -3.13. The van der Waals surface area contributed by atoms with Crippen molar-refractivity contribution in [3.8, 4) is 0 Å². The fourth-order valence-electron chi connectivity index (χ4n) is 1.58. The van der Waals surface area contributed by atoms with Crippen molar-refractivity contribution in [1.82, 2.24) is 14.5 Å². The maximum absolute atomic E-state index is 11.3. The van der Waals surface area contributed by atoms with Gasteiger partial charge in [0.25, 0.3) is 0 Å². The largest absolute Gasteiger partial charge is 0.382 e. The molecule has 7 heteroatoms. The molecule has 0 unspecified atom stereocenters. The van der Waals surface area contributed by atoms with Crippen LogP contribution in [0.3, 0.4) is 0 Å². The third-order valence-electron chi connectivity index (χ3n) is 2.40. The minimum atomic E-state index is -3.13. The molecule has 14 heavy (non-hydrogen) atoms. The van der Waals surface area contributed by atoms with Gasteiger partial charge >= 0.3 is 0 Å². The zero-order valence-corrected chi connectivity index (χ0v) is 8.63. The number of aromatic amines is 1. The summed E-state index contributed by atoms with van der Waals surface area (Å²) < 4.78 is 24.0. The van der Waals surface area contributed by atoms with Crippen LogP contribution in [0.15, 0.2) is 0 Å². The highest BCUT2D eigenvalue weighted by Crippen LogP contribution is 2.22. The molecule has 0 radical (unpaired) electrons. The Balaban J connectivity index is 2.33. The van der Waals surface area contributed by atoms with Crippen LogP contribution in [0.1, 0.15) is 11.3 Å². The number of fused-ring (bicyclic) bond motifs is 1. The smallest absolute Gasteiger partial charge is 0.211 e. The van der Waals surface area contributed by atoms with Gasteiger partial charge in [-0.15, -0.1) is 0 Å². The number of nitrogens with two attached hydrogens (primary N) is 1. The van der Waals surface area contributed by atoms with Gasteiger partial charge in [-0.1, -0.05) is 0 Å². The molecule has 2 heterocycles. The molecule has 0 aromatic carbocycles. The van der Waals surface area contributed by atoms with Gasteiger partial charge in [0.05, 0.1) is 6.26 Å². The SMILES string of the molecule is CS(=O)(=O)N1CCc2[nH]nc(N)c2C1. The number of nitrogen functional groups attached to an aromatic ring is 1. The van der Waals surface area contributed by atoms with E-state index in [2.05, 4.69) is 10.2 Å². The second kappa shape index (κ2) is 2.96. The lowest BCUT2D eigenvalue weighted by Crippen LogP contribution is -2.35. The standard InChI is InChI=1S/C7H12N4O2S/c1-14(12,13)11-3-2-6-5(4-11)7(8)10-9-6/h2-4H2,1H3,(H3,8,9,10). The van der Waals surface area contributed by atoms with Crippen LogP contribution >= 0.6 is 0 Å². The second-order valence-corrected chi connectivity index (χ2v) is 5.39. The van der Waals surface area contributed by atoms with Crippen molar-refractivity contribution < 1.29 is 8.42 Å². The van der Waals surface area contributed by atoms with E-state index in [-0.39, 0.29) is 0 Å². The average Bonchev–Trinajstić information content (AvgIpc) is 2.46. The lowest BCUT2D eigenvalue weighted by atomic mass is 10.1. The van der Waals surface area contributed by atoms with Gasteiger partial charge in [-0.25, -0.2) is 8.42 Å². The first-order valence-electron chi connectivity index (χ1n) is 4.25. The van der Waals surface area contributed by atoms with Crippen LogP contribution in [0.5, 0.6) is 0 Å². The molecule has 0 saturated carbocycles. The lowest BCUT2D eigenvalue weighted by molar-refractivity contribution is 0.394. The highest BCUT2D eigenvalue weighted by atomic mass is 32.2. The van der Waals surface area contributed by atoms with Crippen molar-refractivity contribution in [2.45, 2.75) is 13.0 Å². The van der Waals surface area contributed by atoms with Gasteiger partial charge in [0.1, 0.15) is 5.82 Å². The van der Waals surface area contributed by atoms with E-state index in [0.29, 0.717) is 25.3 Å². The molecule has 1 aromatic heterocycles. The predicted molar refractivity (Wildman–Crippen MR) is 52.0 cm³/mol. The van der Waals surface area contributed by atoms with E-state index in [9.17, 15) is 8.42 Å². The van der Waals surface area contributed by atoms with Crippen LogP contribution in [-0.4, -0.2) is 35.7 Å². The molecule has 78 valence electrons. The molecule has 0 aliphatic carbocycles. The van der Waals surface area contributed by atoms with Gasteiger partial charge in [-0.2, -0.15) is 9.40 Å². The Kier molecular flexibility index (Phi) is 2.00. The van der Waals surface area contributed by atoms with Crippen molar-refractivity contribution in [3.63, 3.8) is 0 Å². The molecular formula is C7H12N4O2S. The number of rotatable bonds is 1. The molecule has 1 aromatic rings. The van der Waals surface area contributed by atoms with E-state index < -0.39 is 10.0 Å². The minimum Gasteiger partial charge on any atom is -0.382 e. The first-order chi connectivity index (χ1) is 6.48. The molecule has 6 nitrogen and oxygen atoms in total. The molecule has 2 rings (SSSR count). The highest BCUT2D eigenvalue weighted by Gasteiger charge is 2.26. The summed E-state index contributed by atoms with van der Waals surface area (Å²) in [5.41, 5.74) is 7.36. The summed E-state index contributed by atoms with van der Waals surface area (Å²) >= 11 is 0. The van der Waals surface area contributed by atoms with Gasteiger partial charge in [0.2, 0.25) is 10.0 Å². The number of hydrogen-bond donors (Lipinski definition) is 2. The van der Waals surface area contributed by atoms with E-state index in [4.69, 9.17) is 5.73 Å². The van der Waals surface area contributed by atoms with Crippen molar-refractivity contribution in [2.75, 3.05) is 18.5 Å². The average molecular weight is 216 g/mol. The normalized spacial score (nSPS) is 18.1. The van der Waals surface area contributed by atoms with E-state index >= 15 is 0 Å². The topological polar surface area (TPSA) is 92.1 Å². The minimum absolute atomic E-state index is 0.330. The zero-order chi connectivity index (χ0) is 10.3. The third-order valence-corrected chi connectivity index (χ3v) is 3.65. The summed E-state index contributed by atoms with van der Waals surface area (Å²) in [5, 5.41) is 6.65. The molecule has 0 spiro atoms. The molecule has 1 aliphatic heterocycles. The van der Waals surface area contributed by atoms with Gasteiger partial charge in [-0.3, -0.25) is 5.10 Å². The Morgan fingerprint density at radius 3 is 2.93 bits per heavy atom. The van der Waals surface area contributed by atoms with Gasteiger partial charge < -0.3 is 5.73 Å². The van der Waals surface area contributed by atoms with Crippen LogP contribution < -0.4 is 5.73 Å². The van der Waals surface area contributed by atoms with Gasteiger partial charge in [0, 0.05) is 30.8 Å². The Morgan fingerprint density at radius 2 is 2.29 bits per heavy atom. The summed E-state index contributed by atoms with van der Waals surface area (Å²) in [6.07, 6.45) is 1.85. The van der Waals surface area contributed by atoms with Gasteiger partial charge in [0.15, 0.2) is 0 Å². The van der Waals surface area contributed by atoms with Crippen LogP contribution in [0.4, 0.5) is 5.82 Å². The number of anilines is 1. The zero-order valence-electron chi connectivity index (χ0n) is 7.82. The number of nitrogens with one attached hydrogen (secondary N) is 1. The van der Waals surface area contributed by atoms with Crippen molar-refractivity contribution >= 4 is 15.8 Å². The third kappa shape index (κ3) is 1.48. The Labute approximate surface area is 82.1 Å². The first-order valence-corrected chi connectivity index (χ1v) is 6.10. The maximum Gasteiger partial charge on any atom is 0.211 e. The van der Waals surface area contributed by atoms with Crippen LogP contribution in [-0.2, 0) is 23.0 Å². The molecule has 0 fully saturated rings. The van der Waals surface area contributed by atoms with E-state index in [1.807, 2.05) is 0 Å². The fraction of sp³-hybridized carbons (Fsp3) is 0.571. The lowest BCUT2D eigenvalue weighted by Gasteiger charge is -2.24. The number of aromatic nitrogens is 2.